The maximum atomic E-state index is 11.8. The van der Waals surface area contributed by atoms with Crippen LogP contribution in [0.15, 0.2) is 18.2 Å². The van der Waals surface area contributed by atoms with E-state index in [0.717, 1.165) is 0 Å². The third kappa shape index (κ3) is 3.74. The maximum absolute atomic E-state index is 11.8. The van der Waals surface area contributed by atoms with Crippen molar-refractivity contribution in [3.8, 4) is 5.75 Å². The van der Waals surface area contributed by atoms with Gasteiger partial charge < -0.3 is 15.8 Å². The van der Waals surface area contributed by atoms with Gasteiger partial charge in [-0.25, -0.2) is 0 Å². The number of nitrogens with one attached hydrogen (secondary N) is 1. The standard InChI is InChI=1S/C11H16N2O3S/c1-16-10-8(4-3-5-9(10)12)11(14)13-6-7-17(2)15/h3-5H,6-7,12H2,1-2H3,(H,13,14). The molecule has 0 saturated carbocycles. The molecule has 0 spiro atoms. The lowest BCUT2D eigenvalue weighted by Gasteiger charge is -2.10. The highest BCUT2D eigenvalue weighted by Gasteiger charge is 2.13. The first-order chi connectivity index (χ1) is 8.06. The average Bonchev–Trinajstić information content (AvgIpc) is 2.28. The SMILES string of the molecule is COc1c(N)cccc1C(=O)NCCS(C)=O. The topological polar surface area (TPSA) is 81.4 Å². The minimum Gasteiger partial charge on any atom is -0.494 e. The van der Waals surface area contributed by atoms with Crippen LogP contribution in [-0.4, -0.2) is 35.8 Å². The fourth-order valence-electron chi connectivity index (χ4n) is 1.37. The van der Waals surface area contributed by atoms with Crippen molar-refractivity contribution in [2.75, 3.05) is 31.4 Å². The Morgan fingerprint density at radius 3 is 2.82 bits per heavy atom. The number of benzene rings is 1. The summed E-state index contributed by atoms with van der Waals surface area (Å²) in [6.07, 6.45) is 1.59. The number of hydrogen-bond donors (Lipinski definition) is 2. The van der Waals surface area contributed by atoms with E-state index in [1.165, 1.54) is 7.11 Å². The van der Waals surface area contributed by atoms with E-state index in [-0.39, 0.29) is 5.91 Å². The van der Waals surface area contributed by atoms with Crippen LogP contribution in [0.25, 0.3) is 0 Å². The van der Waals surface area contributed by atoms with Gasteiger partial charge in [0, 0.05) is 29.4 Å². The van der Waals surface area contributed by atoms with E-state index in [9.17, 15) is 9.00 Å². The predicted octanol–water partition coefficient (Wildman–Crippen LogP) is 0.386. The molecule has 1 atom stereocenters. The summed E-state index contributed by atoms with van der Waals surface area (Å²) < 4.78 is 15.9. The highest BCUT2D eigenvalue weighted by molar-refractivity contribution is 7.84. The molecule has 3 N–H and O–H groups in total. The summed E-state index contributed by atoms with van der Waals surface area (Å²) in [5.74, 6) is 0.512. The largest absolute Gasteiger partial charge is 0.494 e. The number of ether oxygens (including phenoxy) is 1. The number of anilines is 1. The van der Waals surface area contributed by atoms with E-state index in [4.69, 9.17) is 10.5 Å². The van der Waals surface area contributed by atoms with E-state index in [0.29, 0.717) is 29.3 Å². The van der Waals surface area contributed by atoms with Crippen molar-refractivity contribution in [3.05, 3.63) is 23.8 Å². The Bertz CT molecular complexity index is 435. The van der Waals surface area contributed by atoms with Crippen LogP contribution in [0.1, 0.15) is 10.4 Å². The van der Waals surface area contributed by atoms with Crippen LogP contribution in [0.3, 0.4) is 0 Å². The van der Waals surface area contributed by atoms with Crippen molar-refractivity contribution in [1.82, 2.24) is 5.32 Å². The van der Waals surface area contributed by atoms with Gasteiger partial charge >= 0.3 is 0 Å². The second kappa shape index (κ2) is 6.24. The Morgan fingerprint density at radius 2 is 2.24 bits per heavy atom. The molecule has 0 aliphatic heterocycles. The molecule has 0 aliphatic carbocycles. The summed E-state index contributed by atoms with van der Waals surface area (Å²) in [4.78, 5) is 11.8. The molecule has 0 aliphatic rings. The molecule has 17 heavy (non-hydrogen) atoms. The number of para-hydroxylation sites is 1. The number of carbonyl (C=O) groups is 1. The smallest absolute Gasteiger partial charge is 0.255 e. The molecule has 0 heterocycles. The molecular formula is C11H16N2O3S. The third-order valence-corrected chi connectivity index (χ3v) is 2.95. The zero-order valence-electron chi connectivity index (χ0n) is 9.86. The Hall–Kier alpha value is -1.56. The van der Waals surface area contributed by atoms with Gasteiger partial charge in [-0.1, -0.05) is 6.07 Å². The molecule has 0 bridgehead atoms. The van der Waals surface area contributed by atoms with Crippen LogP contribution in [0.4, 0.5) is 5.69 Å². The third-order valence-electron chi connectivity index (χ3n) is 2.17. The predicted molar refractivity (Wildman–Crippen MR) is 68.7 cm³/mol. The number of nitrogens with two attached hydrogens (primary N) is 1. The molecule has 1 amide bonds. The summed E-state index contributed by atoms with van der Waals surface area (Å²) >= 11 is 0. The maximum Gasteiger partial charge on any atom is 0.255 e. The Morgan fingerprint density at radius 1 is 1.53 bits per heavy atom. The highest BCUT2D eigenvalue weighted by atomic mass is 32.2. The van der Waals surface area contributed by atoms with E-state index in [2.05, 4.69) is 5.32 Å². The van der Waals surface area contributed by atoms with Gasteiger partial charge in [0.05, 0.1) is 18.4 Å². The van der Waals surface area contributed by atoms with Gasteiger partial charge in [0.2, 0.25) is 0 Å². The van der Waals surface area contributed by atoms with Crippen molar-refractivity contribution in [1.29, 1.82) is 0 Å². The molecule has 0 saturated heterocycles. The Labute approximate surface area is 103 Å². The van der Waals surface area contributed by atoms with E-state index >= 15 is 0 Å². The zero-order valence-corrected chi connectivity index (χ0v) is 10.7. The molecule has 1 aromatic rings. The van der Waals surface area contributed by atoms with Crippen molar-refractivity contribution in [3.63, 3.8) is 0 Å². The Kier molecular flexibility index (Phi) is 4.96. The average molecular weight is 256 g/mol. The van der Waals surface area contributed by atoms with Gasteiger partial charge in [0.15, 0.2) is 5.75 Å². The molecule has 1 aromatic carbocycles. The first kappa shape index (κ1) is 13.5. The number of rotatable bonds is 5. The number of nitrogen functional groups attached to an aromatic ring is 1. The monoisotopic (exact) mass is 256 g/mol. The van der Waals surface area contributed by atoms with Gasteiger partial charge in [-0.05, 0) is 12.1 Å². The fourth-order valence-corrected chi connectivity index (χ4v) is 1.75. The van der Waals surface area contributed by atoms with Crippen LogP contribution < -0.4 is 15.8 Å². The van der Waals surface area contributed by atoms with Gasteiger partial charge in [-0.15, -0.1) is 0 Å². The summed E-state index contributed by atoms with van der Waals surface area (Å²) in [7, 11) is 0.541. The lowest BCUT2D eigenvalue weighted by Crippen LogP contribution is -2.28. The summed E-state index contributed by atoms with van der Waals surface area (Å²) in [6.45, 7) is 0.361. The molecule has 1 unspecified atom stereocenters. The van der Waals surface area contributed by atoms with Crippen molar-refractivity contribution < 1.29 is 13.7 Å². The number of carbonyl (C=O) groups excluding carboxylic acids is 1. The summed E-state index contributed by atoms with van der Waals surface area (Å²) in [6, 6.07) is 4.98. The molecule has 6 heteroatoms. The first-order valence-electron chi connectivity index (χ1n) is 5.07. The summed E-state index contributed by atoms with van der Waals surface area (Å²) in [5.41, 5.74) is 6.49. The second-order valence-electron chi connectivity index (χ2n) is 3.46. The fraction of sp³-hybridized carbons (Fsp3) is 0.364. The van der Waals surface area contributed by atoms with Crippen LogP contribution in [0, 0.1) is 0 Å². The molecule has 94 valence electrons. The van der Waals surface area contributed by atoms with Gasteiger partial charge in [0.25, 0.3) is 5.91 Å². The molecule has 5 nitrogen and oxygen atoms in total. The molecule has 0 aromatic heterocycles. The van der Waals surface area contributed by atoms with Gasteiger partial charge in [-0.2, -0.15) is 0 Å². The van der Waals surface area contributed by atoms with E-state index < -0.39 is 10.8 Å². The number of methoxy groups -OCH3 is 1. The lowest BCUT2D eigenvalue weighted by atomic mass is 10.1. The van der Waals surface area contributed by atoms with Crippen LogP contribution >= 0.6 is 0 Å². The highest BCUT2D eigenvalue weighted by Crippen LogP contribution is 2.25. The lowest BCUT2D eigenvalue weighted by molar-refractivity contribution is 0.0953. The van der Waals surface area contributed by atoms with E-state index in [1.54, 1.807) is 24.5 Å². The van der Waals surface area contributed by atoms with Gasteiger partial charge in [0.1, 0.15) is 0 Å². The number of amides is 1. The Balaban J connectivity index is 2.75. The number of hydrogen-bond acceptors (Lipinski definition) is 4. The minimum atomic E-state index is -0.921. The first-order valence-corrected chi connectivity index (χ1v) is 6.79. The van der Waals surface area contributed by atoms with Crippen molar-refractivity contribution in [2.45, 2.75) is 0 Å². The van der Waals surface area contributed by atoms with Crippen LogP contribution in [0.5, 0.6) is 5.75 Å². The van der Waals surface area contributed by atoms with Crippen molar-refractivity contribution >= 4 is 22.4 Å². The molecular weight excluding hydrogens is 240 g/mol. The summed E-state index contributed by atoms with van der Waals surface area (Å²) in [5, 5.41) is 2.66. The quantitative estimate of drug-likeness (QED) is 0.746. The normalized spacial score (nSPS) is 11.9. The van der Waals surface area contributed by atoms with Crippen molar-refractivity contribution in [2.24, 2.45) is 0 Å². The van der Waals surface area contributed by atoms with Gasteiger partial charge in [-0.3, -0.25) is 9.00 Å². The molecule has 1 rings (SSSR count). The zero-order chi connectivity index (χ0) is 12.8. The molecule has 0 fully saturated rings. The van der Waals surface area contributed by atoms with Crippen LogP contribution in [0.2, 0.25) is 0 Å². The van der Waals surface area contributed by atoms with E-state index in [1.807, 2.05) is 0 Å². The second-order valence-corrected chi connectivity index (χ2v) is 5.02. The molecule has 0 radical (unpaired) electrons. The van der Waals surface area contributed by atoms with Crippen LogP contribution in [-0.2, 0) is 10.8 Å². The minimum absolute atomic E-state index is 0.278.